The summed E-state index contributed by atoms with van der Waals surface area (Å²) in [6.45, 7) is 3.16. The molecule has 1 aliphatic rings. The highest BCUT2D eigenvalue weighted by molar-refractivity contribution is 5.92. The van der Waals surface area contributed by atoms with Crippen LogP contribution in [0.1, 0.15) is 0 Å². The number of rotatable bonds is 4. The van der Waals surface area contributed by atoms with Gasteiger partial charge in [-0.2, -0.15) is 0 Å². The molecule has 0 radical (unpaired) electrons. The molecule has 4 nitrogen and oxygen atoms in total. The third-order valence-corrected chi connectivity index (χ3v) is 3.80. The van der Waals surface area contributed by atoms with E-state index < -0.39 is 0 Å². The van der Waals surface area contributed by atoms with Crippen LogP contribution in [0.4, 0.5) is 5.69 Å². The van der Waals surface area contributed by atoms with E-state index in [1.165, 1.54) is 16.6 Å². The molecule has 0 aliphatic carbocycles. The quantitative estimate of drug-likeness (QED) is 0.860. The predicted octanol–water partition coefficient (Wildman–Crippen LogP) is 1.58. The normalized spacial score (nSPS) is 17.7. The molecular formula is C14H19N3O. The molecule has 0 atom stereocenters. The first-order valence-electron chi connectivity index (χ1n) is 6.29. The van der Waals surface area contributed by atoms with Crippen LogP contribution < -0.4 is 10.6 Å². The maximum atomic E-state index is 5.87. The lowest BCUT2D eigenvalue weighted by molar-refractivity contribution is -0.101. The number of para-hydroxylation sites is 1. The van der Waals surface area contributed by atoms with E-state index in [4.69, 9.17) is 10.5 Å². The van der Waals surface area contributed by atoms with E-state index in [0.717, 1.165) is 19.8 Å². The summed E-state index contributed by atoms with van der Waals surface area (Å²) in [4.78, 5) is 5.58. The van der Waals surface area contributed by atoms with Gasteiger partial charge < -0.3 is 20.4 Å². The lowest BCUT2D eigenvalue weighted by Crippen LogP contribution is -2.54. The van der Waals surface area contributed by atoms with Crippen LogP contribution in [0.2, 0.25) is 0 Å². The first-order valence-corrected chi connectivity index (χ1v) is 6.29. The zero-order valence-corrected chi connectivity index (χ0v) is 10.6. The van der Waals surface area contributed by atoms with Crippen LogP contribution in [-0.2, 0) is 4.74 Å². The van der Waals surface area contributed by atoms with Gasteiger partial charge in [-0.3, -0.25) is 0 Å². The van der Waals surface area contributed by atoms with Gasteiger partial charge in [-0.25, -0.2) is 0 Å². The van der Waals surface area contributed by atoms with Crippen molar-refractivity contribution >= 4 is 16.6 Å². The largest absolute Gasteiger partial charge is 0.380 e. The molecule has 3 rings (SSSR count). The van der Waals surface area contributed by atoms with Gasteiger partial charge in [-0.05, 0) is 6.07 Å². The fourth-order valence-electron chi connectivity index (χ4n) is 2.62. The number of nitrogens with one attached hydrogen (secondary N) is 1. The van der Waals surface area contributed by atoms with Crippen molar-refractivity contribution in [2.24, 2.45) is 11.1 Å². The summed E-state index contributed by atoms with van der Waals surface area (Å²) < 4.78 is 5.32. The van der Waals surface area contributed by atoms with Gasteiger partial charge in [0.25, 0.3) is 0 Å². The Morgan fingerprint density at radius 1 is 1.39 bits per heavy atom. The molecule has 0 saturated carbocycles. The van der Waals surface area contributed by atoms with Crippen LogP contribution in [0, 0.1) is 5.41 Å². The third-order valence-electron chi connectivity index (χ3n) is 3.80. The molecule has 0 spiro atoms. The fourth-order valence-corrected chi connectivity index (χ4v) is 2.62. The molecule has 4 heteroatoms. The lowest BCUT2D eigenvalue weighted by atomic mass is 9.85. The van der Waals surface area contributed by atoms with Crippen LogP contribution in [0.15, 0.2) is 30.5 Å². The number of nitrogens with zero attached hydrogens (tertiary/aromatic N) is 1. The first-order chi connectivity index (χ1) is 8.74. The number of fused-ring (bicyclic) bond motifs is 1. The van der Waals surface area contributed by atoms with Gasteiger partial charge in [0.2, 0.25) is 0 Å². The minimum absolute atomic E-state index is 0.132. The van der Waals surface area contributed by atoms with E-state index in [1.54, 1.807) is 0 Å². The second-order valence-electron chi connectivity index (χ2n) is 5.27. The maximum Gasteiger partial charge on any atom is 0.0621 e. The zero-order valence-electron chi connectivity index (χ0n) is 10.6. The minimum Gasteiger partial charge on any atom is -0.380 e. The first kappa shape index (κ1) is 11.6. The highest BCUT2D eigenvalue weighted by Crippen LogP contribution is 2.31. The van der Waals surface area contributed by atoms with E-state index in [0.29, 0.717) is 6.54 Å². The van der Waals surface area contributed by atoms with Gasteiger partial charge in [-0.15, -0.1) is 0 Å². The Hall–Kier alpha value is -1.52. The van der Waals surface area contributed by atoms with E-state index in [-0.39, 0.29) is 5.41 Å². The van der Waals surface area contributed by atoms with Gasteiger partial charge in [0.15, 0.2) is 0 Å². The highest BCUT2D eigenvalue weighted by Gasteiger charge is 2.38. The topological polar surface area (TPSA) is 54.3 Å². The standard InChI is InChI=1S/C14H19N3O/c1-17(8-14(7-15)9-18-10-14)13-6-16-12-5-3-2-4-11(12)13/h2-6,16H,7-10,15H2,1H3. The monoisotopic (exact) mass is 245 g/mol. The molecule has 1 saturated heterocycles. The van der Waals surface area contributed by atoms with Crippen LogP contribution in [0.25, 0.3) is 10.9 Å². The molecule has 0 amide bonds. The summed E-state index contributed by atoms with van der Waals surface area (Å²) in [7, 11) is 2.12. The summed E-state index contributed by atoms with van der Waals surface area (Å²) in [5, 5.41) is 1.26. The van der Waals surface area contributed by atoms with Crippen LogP contribution in [0.3, 0.4) is 0 Å². The summed E-state index contributed by atoms with van der Waals surface area (Å²) in [5.41, 5.74) is 8.40. The number of benzene rings is 1. The summed E-state index contributed by atoms with van der Waals surface area (Å²) in [6.07, 6.45) is 2.06. The minimum atomic E-state index is 0.132. The van der Waals surface area contributed by atoms with Gasteiger partial charge in [0, 0.05) is 42.7 Å². The molecule has 1 aliphatic heterocycles. The summed E-state index contributed by atoms with van der Waals surface area (Å²) in [5.74, 6) is 0. The van der Waals surface area contributed by atoms with Gasteiger partial charge in [-0.1, -0.05) is 18.2 Å². The zero-order chi connectivity index (χ0) is 12.6. The number of H-pyrrole nitrogens is 1. The second-order valence-corrected chi connectivity index (χ2v) is 5.27. The number of ether oxygens (including phenoxy) is 1. The molecule has 1 aromatic heterocycles. The number of anilines is 1. The third kappa shape index (κ3) is 1.78. The Kier molecular flexibility index (Phi) is 2.76. The second kappa shape index (κ2) is 4.30. The fraction of sp³-hybridized carbons (Fsp3) is 0.429. The van der Waals surface area contributed by atoms with Gasteiger partial charge >= 0.3 is 0 Å². The average Bonchev–Trinajstić information content (AvgIpc) is 2.77. The molecule has 1 aromatic carbocycles. The molecule has 1 fully saturated rings. The van der Waals surface area contributed by atoms with Crippen molar-refractivity contribution in [1.29, 1.82) is 0 Å². The molecule has 2 aromatic rings. The van der Waals surface area contributed by atoms with Crippen molar-refractivity contribution in [3.63, 3.8) is 0 Å². The van der Waals surface area contributed by atoms with Crippen molar-refractivity contribution in [3.8, 4) is 0 Å². The van der Waals surface area contributed by atoms with Crippen molar-refractivity contribution < 1.29 is 4.74 Å². The molecule has 96 valence electrons. The highest BCUT2D eigenvalue weighted by atomic mass is 16.5. The maximum absolute atomic E-state index is 5.87. The molecule has 3 N–H and O–H groups in total. The molecule has 18 heavy (non-hydrogen) atoms. The van der Waals surface area contributed by atoms with E-state index in [2.05, 4.69) is 41.3 Å². The van der Waals surface area contributed by atoms with Crippen molar-refractivity contribution in [1.82, 2.24) is 4.98 Å². The average molecular weight is 245 g/mol. The number of nitrogens with two attached hydrogens (primary N) is 1. The smallest absolute Gasteiger partial charge is 0.0621 e. The predicted molar refractivity (Wildman–Crippen MR) is 73.9 cm³/mol. The molecule has 0 unspecified atom stereocenters. The Morgan fingerprint density at radius 3 is 2.83 bits per heavy atom. The van der Waals surface area contributed by atoms with Crippen molar-refractivity contribution in [3.05, 3.63) is 30.5 Å². The van der Waals surface area contributed by atoms with Gasteiger partial charge in [0.05, 0.1) is 18.9 Å². The van der Waals surface area contributed by atoms with Gasteiger partial charge in [0.1, 0.15) is 0 Å². The Bertz CT molecular complexity index is 539. The number of aromatic nitrogens is 1. The van der Waals surface area contributed by atoms with Crippen LogP contribution in [-0.4, -0.2) is 38.3 Å². The van der Waals surface area contributed by atoms with E-state index in [9.17, 15) is 0 Å². The number of hydrogen-bond acceptors (Lipinski definition) is 3. The van der Waals surface area contributed by atoms with E-state index in [1.807, 2.05) is 6.07 Å². The molecule has 2 heterocycles. The Morgan fingerprint density at radius 2 is 2.17 bits per heavy atom. The molecular weight excluding hydrogens is 226 g/mol. The van der Waals surface area contributed by atoms with Crippen LogP contribution >= 0.6 is 0 Å². The Balaban J connectivity index is 1.85. The van der Waals surface area contributed by atoms with Crippen molar-refractivity contribution in [2.75, 3.05) is 38.3 Å². The number of hydrogen-bond donors (Lipinski definition) is 2. The van der Waals surface area contributed by atoms with Crippen LogP contribution in [0.5, 0.6) is 0 Å². The summed E-state index contributed by atoms with van der Waals surface area (Å²) >= 11 is 0. The number of aromatic amines is 1. The molecule has 0 bridgehead atoms. The SMILES string of the molecule is CN(CC1(CN)COC1)c1c[nH]c2ccccc12. The lowest BCUT2D eigenvalue weighted by Gasteiger charge is -2.43. The van der Waals surface area contributed by atoms with Crippen molar-refractivity contribution in [2.45, 2.75) is 0 Å². The summed E-state index contributed by atoms with van der Waals surface area (Å²) in [6, 6.07) is 8.35. The van der Waals surface area contributed by atoms with E-state index >= 15 is 0 Å². The Labute approximate surface area is 107 Å².